The Balaban J connectivity index is 4.22. The van der Waals surface area contributed by atoms with Crippen LogP contribution in [-0.4, -0.2) is 19.1 Å². The lowest BCUT2D eigenvalue weighted by molar-refractivity contribution is 0.438. The fraction of sp³-hybridized carbons (Fsp3) is 1.00. The summed E-state index contributed by atoms with van der Waals surface area (Å²) in [6.45, 7) is 5.98. The minimum Gasteiger partial charge on any atom is -0.212 e. The first-order valence-electron chi connectivity index (χ1n) is 3.99. The quantitative estimate of drug-likeness (QED) is 0.763. The summed E-state index contributed by atoms with van der Waals surface area (Å²) >= 11 is 2.93. The fourth-order valence-electron chi connectivity index (χ4n) is 0.953. The van der Waals surface area contributed by atoms with Crippen LogP contribution in [-0.2, 0) is 10.0 Å². The molecule has 74 valence electrons. The summed E-state index contributed by atoms with van der Waals surface area (Å²) < 4.78 is 24.8. The number of nitrogens with one attached hydrogen (secondary N) is 1. The van der Waals surface area contributed by atoms with Gasteiger partial charge in [0, 0.05) is 6.04 Å². The first-order chi connectivity index (χ1) is 5.43. The van der Waals surface area contributed by atoms with Crippen LogP contribution in [0.2, 0.25) is 0 Å². The summed E-state index contributed by atoms with van der Waals surface area (Å²) in [5.41, 5.74) is 0. The van der Waals surface area contributed by atoms with E-state index in [1.807, 2.05) is 20.8 Å². The van der Waals surface area contributed by atoms with Gasteiger partial charge in [0.1, 0.15) is 4.66 Å². The third kappa shape index (κ3) is 4.42. The Labute approximate surface area is 83.1 Å². The molecule has 0 aliphatic heterocycles. The van der Waals surface area contributed by atoms with Crippen molar-refractivity contribution in [2.75, 3.05) is 4.66 Å². The van der Waals surface area contributed by atoms with Gasteiger partial charge >= 0.3 is 0 Å². The molecule has 0 aromatic carbocycles. The summed E-state index contributed by atoms with van der Waals surface area (Å²) in [7, 11) is -3.11. The molecule has 0 spiro atoms. The van der Waals surface area contributed by atoms with Crippen molar-refractivity contribution >= 4 is 26.0 Å². The highest BCUT2D eigenvalue weighted by atomic mass is 79.9. The van der Waals surface area contributed by atoms with E-state index < -0.39 is 10.0 Å². The first-order valence-corrected chi connectivity index (χ1v) is 6.76. The van der Waals surface area contributed by atoms with E-state index in [4.69, 9.17) is 0 Å². The number of hydrogen-bond acceptors (Lipinski definition) is 2. The van der Waals surface area contributed by atoms with Crippen LogP contribution in [0.25, 0.3) is 0 Å². The summed E-state index contributed by atoms with van der Waals surface area (Å²) in [6, 6.07) is 0.0487. The Kier molecular flexibility index (Phi) is 5.36. The van der Waals surface area contributed by atoms with E-state index in [0.717, 1.165) is 6.42 Å². The fourth-order valence-corrected chi connectivity index (χ4v) is 2.31. The van der Waals surface area contributed by atoms with Crippen LogP contribution >= 0.6 is 15.9 Å². The van der Waals surface area contributed by atoms with E-state index in [2.05, 4.69) is 20.7 Å². The van der Waals surface area contributed by atoms with Crippen LogP contribution in [0.15, 0.2) is 0 Å². The molecule has 0 radical (unpaired) electrons. The van der Waals surface area contributed by atoms with Crippen LogP contribution in [0.5, 0.6) is 0 Å². The highest BCUT2D eigenvalue weighted by Crippen LogP contribution is 2.07. The normalized spacial score (nSPS) is 15.1. The second-order valence-electron chi connectivity index (χ2n) is 3.10. The maximum absolute atomic E-state index is 11.1. The molecular weight excluding hydrogens is 242 g/mol. The van der Waals surface area contributed by atoms with Gasteiger partial charge in [-0.15, -0.1) is 0 Å². The Bertz CT molecular complexity index is 213. The smallest absolute Gasteiger partial charge is 0.212 e. The maximum atomic E-state index is 11.1. The standard InChI is InChI=1S/C7H16BrNO2S/c1-4-7(6(2)3)9-12(10,11)5-8/h6-7,9H,4-5H2,1-3H3. The molecule has 0 fully saturated rings. The molecule has 0 saturated heterocycles. The SMILES string of the molecule is CCC(NS(=O)(=O)CBr)C(C)C. The zero-order valence-corrected chi connectivity index (χ0v) is 10.1. The molecule has 0 rings (SSSR count). The predicted octanol–water partition coefficient (Wildman–Crippen LogP) is 1.69. The molecule has 1 atom stereocenters. The highest BCUT2D eigenvalue weighted by Gasteiger charge is 2.17. The van der Waals surface area contributed by atoms with Crippen LogP contribution < -0.4 is 4.72 Å². The van der Waals surface area contributed by atoms with E-state index in [1.165, 1.54) is 0 Å². The summed E-state index contributed by atoms with van der Waals surface area (Å²) in [5, 5.41) is 0. The van der Waals surface area contributed by atoms with Crippen molar-refractivity contribution in [3.05, 3.63) is 0 Å². The molecule has 0 aromatic heterocycles. The predicted molar refractivity (Wildman–Crippen MR) is 54.8 cm³/mol. The Hall–Kier alpha value is 0.390. The van der Waals surface area contributed by atoms with Crippen molar-refractivity contribution in [2.24, 2.45) is 5.92 Å². The van der Waals surface area contributed by atoms with Gasteiger partial charge in [-0.2, -0.15) is 0 Å². The molecular formula is C7H16BrNO2S. The van der Waals surface area contributed by atoms with Gasteiger partial charge in [-0.05, 0) is 12.3 Å². The van der Waals surface area contributed by atoms with Crippen molar-refractivity contribution in [3.63, 3.8) is 0 Å². The van der Waals surface area contributed by atoms with Crippen LogP contribution in [0.3, 0.4) is 0 Å². The molecule has 0 saturated carbocycles. The number of halogens is 1. The second kappa shape index (κ2) is 5.19. The lowest BCUT2D eigenvalue weighted by atomic mass is 10.0. The number of alkyl halides is 1. The molecule has 12 heavy (non-hydrogen) atoms. The van der Waals surface area contributed by atoms with Crippen molar-refractivity contribution in [1.82, 2.24) is 4.72 Å². The van der Waals surface area contributed by atoms with Crippen molar-refractivity contribution in [2.45, 2.75) is 33.2 Å². The molecule has 0 aliphatic carbocycles. The zero-order valence-electron chi connectivity index (χ0n) is 7.67. The molecule has 0 amide bonds. The highest BCUT2D eigenvalue weighted by molar-refractivity contribution is 9.10. The lowest BCUT2D eigenvalue weighted by Crippen LogP contribution is -2.38. The van der Waals surface area contributed by atoms with Gasteiger partial charge in [0.05, 0.1) is 0 Å². The Morgan fingerprint density at radius 1 is 1.42 bits per heavy atom. The number of sulfonamides is 1. The van der Waals surface area contributed by atoms with Crippen LogP contribution in [0.1, 0.15) is 27.2 Å². The molecule has 1 unspecified atom stereocenters. The first kappa shape index (κ1) is 12.4. The lowest BCUT2D eigenvalue weighted by Gasteiger charge is -2.19. The van der Waals surface area contributed by atoms with Gasteiger partial charge in [-0.25, -0.2) is 13.1 Å². The van der Waals surface area contributed by atoms with Gasteiger partial charge in [0.25, 0.3) is 0 Å². The van der Waals surface area contributed by atoms with Crippen LogP contribution in [0.4, 0.5) is 0 Å². The zero-order chi connectivity index (χ0) is 9.78. The second-order valence-corrected chi connectivity index (χ2v) is 6.16. The van der Waals surface area contributed by atoms with E-state index in [0.29, 0.717) is 5.92 Å². The molecule has 0 heterocycles. The molecule has 0 aromatic rings. The molecule has 5 heteroatoms. The Morgan fingerprint density at radius 3 is 2.17 bits per heavy atom. The minimum atomic E-state index is -3.11. The van der Waals surface area contributed by atoms with Gasteiger partial charge in [0.15, 0.2) is 0 Å². The monoisotopic (exact) mass is 257 g/mol. The maximum Gasteiger partial charge on any atom is 0.221 e. The van der Waals surface area contributed by atoms with Crippen molar-refractivity contribution in [3.8, 4) is 0 Å². The number of hydrogen-bond donors (Lipinski definition) is 1. The average Bonchev–Trinajstić information content (AvgIpc) is 2.00. The average molecular weight is 258 g/mol. The number of rotatable bonds is 5. The summed E-state index contributed by atoms with van der Waals surface area (Å²) in [6.07, 6.45) is 0.823. The minimum absolute atomic E-state index is 0.0246. The largest absolute Gasteiger partial charge is 0.221 e. The molecule has 1 N–H and O–H groups in total. The van der Waals surface area contributed by atoms with E-state index >= 15 is 0 Å². The van der Waals surface area contributed by atoms with Gasteiger partial charge in [0.2, 0.25) is 10.0 Å². The van der Waals surface area contributed by atoms with Gasteiger partial charge in [-0.1, -0.05) is 36.7 Å². The summed E-state index contributed by atoms with van der Waals surface area (Å²) in [5.74, 6) is 0.337. The third-order valence-electron chi connectivity index (χ3n) is 1.72. The third-order valence-corrected chi connectivity index (χ3v) is 4.48. The van der Waals surface area contributed by atoms with Crippen LogP contribution in [0, 0.1) is 5.92 Å². The van der Waals surface area contributed by atoms with E-state index in [9.17, 15) is 8.42 Å². The van der Waals surface area contributed by atoms with Gasteiger partial charge in [-0.3, -0.25) is 0 Å². The molecule has 3 nitrogen and oxygen atoms in total. The van der Waals surface area contributed by atoms with E-state index in [-0.39, 0.29) is 10.7 Å². The van der Waals surface area contributed by atoms with Crippen molar-refractivity contribution in [1.29, 1.82) is 0 Å². The topological polar surface area (TPSA) is 46.2 Å². The molecule has 0 aliphatic rings. The van der Waals surface area contributed by atoms with Crippen molar-refractivity contribution < 1.29 is 8.42 Å². The van der Waals surface area contributed by atoms with Gasteiger partial charge < -0.3 is 0 Å². The molecule has 0 bridgehead atoms. The summed E-state index contributed by atoms with van der Waals surface area (Å²) in [4.78, 5) is 0. The Morgan fingerprint density at radius 2 is 1.92 bits per heavy atom. The van der Waals surface area contributed by atoms with E-state index in [1.54, 1.807) is 0 Å².